The number of nitrogen functional groups attached to an aromatic ring is 1. The third kappa shape index (κ3) is 1.76. The van der Waals surface area contributed by atoms with Crippen molar-refractivity contribution in [1.82, 2.24) is 14.8 Å². The zero-order valence-corrected chi connectivity index (χ0v) is 9.35. The second kappa shape index (κ2) is 3.60. The first-order valence-corrected chi connectivity index (χ1v) is 6.34. The van der Waals surface area contributed by atoms with Gasteiger partial charge in [0.1, 0.15) is 10.7 Å². The molecule has 0 atom stereocenters. The van der Waals surface area contributed by atoms with E-state index >= 15 is 0 Å². The summed E-state index contributed by atoms with van der Waals surface area (Å²) in [6.07, 6.45) is 3.89. The van der Waals surface area contributed by atoms with Gasteiger partial charge < -0.3 is 5.73 Å². The molecule has 0 saturated carbocycles. The van der Waals surface area contributed by atoms with Crippen molar-refractivity contribution >= 4 is 15.7 Å². The normalized spacial score (nSPS) is 11.6. The second-order valence-corrected chi connectivity index (χ2v) is 5.25. The van der Waals surface area contributed by atoms with Crippen LogP contribution in [0.2, 0.25) is 0 Å². The molecule has 0 radical (unpaired) electrons. The molecule has 0 aromatic carbocycles. The van der Waals surface area contributed by atoms with Crippen LogP contribution in [-0.4, -0.2) is 29.4 Å². The fourth-order valence-corrected chi connectivity index (χ4v) is 2.00. The van der Waals surface area contributed by atoms with Crippen molar-refractivity contribution < 1.29 is 8.42 Å². The predicted molar refractivity (Wildman–Crippen MR) is 58.9 cm³/mol. The number of nitrogens with zero attached hydrogens (tertiary/aromatic N) is 3. The molecule has 0 bridgehead atoms. The second-order valence-electron chi connectivity index (χ2n) is 3.27. The lowest BCUT2D eigenvalue weighted by molar-refractivity contribution is 0.602. The van der Waals surface area contributed by atoms with E-state index in [4.69, 9.17) is 5.73 Å². The number of rotatable bonds is 2. The van der Waals surface area contributed by atoms with Crippen molar-refractivity contribution in [1.29, 1.82) is 0 Å². The van der Waals surface area contributed by atoms with Gasteiger partial charge in [0.2, 0.25) is 0 Å². The minimum atomic E-state index is -3.36. The van der Waals surface area contributed by atoms with Crippen LogP contribution in [-0.2, 0) is 9.84 Å². The van der Waals surface area contributed by atoms with Crippen LogP contribution in [0.15, 0.2) is 35.5 Å². The summed E-state index contributed by atoms with van der Waals surface area (Å²) in [7, 11) is -3.36. The first kappa shape index (κ1) is 10.6. The maximum Gasteiger partial charge on any atom is 0.180 e. The Morgan fingerprint density at radius 3 is 2.62 bits per heavy atom. The van der Waals surface area contributed by atoms with Crippen LogP contribution < -0.4 is 5.73 Å². The minimum absolute atomic E-state index is 0.0122. The Kier molecular flexibility index (Phi) is 2.39. The largest absolute Gasteiger partial charge is 0.382 e. The Balaban J connectivity index is 2.59. The Hall–Kier alpha value is -1.89. The standard InChI is InChI=1S/C9H10N4O2S/c1-16(14,15)7-6-12-13(9(7)10)8-4-2-3-5-11-8/h2-6H,10H2,1H3. The molecular weight excluding hydrogens is 228 g/mol. The molecular formula is C9H10N4O2S. The van der Waals surface area contributed by atoms with Crippen molar-refractivity contribution in [3.8, 4) is 5.82 Å². The number of hydrogen-bond acceptors (Lipinski definition) is 5. The molecule has 0 aliphatic heterocycles. The van der Waals surface area contributed by atoms with Crippen molar-refractivity contribution in [3.63, 3.8) is 0 Å². The number of nitrogens with two attached hydrogens (primary N) is 1. The summed E-state index contributed by atoms with van der Waals surface area (Å²) >= 11 is 0. The number of hydrogen-bond donors (Lipinski definition) is 1. The van der Waals surface area contributed by atoms with Crippen molar-refractivity contribution in [2.24, 2.45) is 0 Å². The molecule has 0 spiro atoms. The van der Waals surface area contributed by atoms with Crippen LogP contribution in [0.5, 0.6) is 0 Å². The summed E-state index contributed by atoms with van der Waals surface area (Å²) in [4.78, 5) is 4.04. The zero-order chi connectivity index (χ0) is 11.8. The van der Waals surface area contributed by atoms with Crippen molar-refractivity contribution in [2.45, 2.75) is 4.90 Å². The van der Waals surface area contributed by atoms with E-state index in [1.54, 1.807) is 24.4 Å². The molecule has 2 aromatic heterocycles. The summed E-state index contributed by atoms with van der Waals surface area (Å²) in [5.74, 6) is 0.552. The molecule has 0 saturated heterocycles. The van der Waals surface area contributed by atoms with Crippen LogP contribution in [0, 0.1) is 0 Å². The molecule has 2 N–H and O–H groups in total. The van der Waals surface area contributed by atoms with Gasteiger partial charge in [-0.1, -0.05) is 6.07 Å². The molecule has 0 aliphatic rings. The molecule has 2 heterocycles. The third-order valence-corrected chi connectivity index (χ3v) is 3.15. The Morgan fingerprint density at radius 2 is 2.12 bits per heavy atom. The molecule has 7 heteroatoms. The Labute approximate surface area is 92.6 Å². The first-order chi connectivity index (χ1) is 7.50. The summed E-state index contributed by atoms with van der Waals surface area (Å²) in [6.45, 7) is 0. The van der Waals surface area contributed by atoms with Gasteiger partial charge in [0.05, 0.1) is 6.20 Å². The van der Waals surface area contributed by atoms with Gasteiger partial charge in [-0.05, 0) is 12.1 Å². The van der Waals surface area contributed by atoms with Gasteiger partial charge in [-0.25, -0.2) is 13.4 Å². The summed E-state index contributed by atoms with van der Waals surface area (Å²) in [5.41, 5.74) is 5.70. The Bertz CT molecular complexity index is 604. The van der Waals surface area contributed by atoms with Crippen molar-refractivity contribution in [2.75, 3.05) is 12.0 Å². The van der Waals surface area contributed by atoms with E-state index in [0.29, 0.717) is 5.82 Å². The topological polar surface area (TPSA) is 90.9 Å². The number of sulfone groups is 1. The third-order valence-electron chi connectivity index (χ3n) is 2.04. The lowest BCUT2D eigenvalue weighted by Gasteiger charge is -2.02. The highest BCUT2D eigenvalue weighted by molar-refractivity contribution is 7.90. The van der Waals surface area contributed by atoms with E-state index in [0.717, 1.165) is 6.26 Å². The van der Waals surface area contributed by atoms with Gasteiger partial charge in [0.25, 0.3) is 0 Å². The highest BCUT2D eigenvalue weighted by Crippen LogP contribution is 2.19. The molecule has 0 aliphatic carbocycles. The quantitative estimate of drug-likeness (QED) is 0.810. The monoisotopic (exact) mass is 238 g/mol. The predicted octanol–water partition coefficient (Wildman–Crippen LogP) is 0.253. The lowest BCUT2D eigenvalue weighted by atomic mass is 10.5. The molecule has 0 unspecified atom stereocenters. The van der Waals surface area contributed by atoms with E-state index in [1.807, 2.05) is 0 Å². The minimum Gasteiger partial charge on any atom is -0.382 e. The average molecular weight is 238 g/mol. The lowest BCUT2D eigenvalue weighted by Crippen LogP contribution is -2.06. The molecule has 16 heavy (non-hydrogen) atoms. The number of anilines is 1. The highest BCUT2D eigenvalue weighted by atomic mass is 32.2. The smallest absolute Gasteiger partial charge is 0.180 e. The van der Waals surface area contributed by atoms with Crippen LogP contribution in [0.1, 0.15) is 0 Å². The molecule has 0 amide bonds. The van der Waals surface area contributed by atoms with Gasteiger partial charge in [0.15, 0.2) is 15.7 Å². The summed E-state index contributed by atoms with van der Waals surface area (Å²) in [5, 5.41) is 3.90. The van der Waals surface area contributed by atoms with Crippen LogP contribution in [0.3, 0.4) is 0 Å². The first-order valence-electron chi connectivity index (χ1n) is 4.45. The van der Waals surface area contributed by atoms with Crippen LogP contribution in [0.25, 0.3) is 5.82 Å². The Morgan fingerprint density at radius 1 is 1.38 bits per heavy atom. The van der Waals surface area contributed by atoms with E-state index in [2.05, 4.69) is 10.1 Å². The van der Waals surface area contributed by atoms with Gasteiger partial charge in [-0.3, -0.25) is 0 Å². The SMILES string of the molecule is CS(=O)(=O)c1cnn(-c2ccccn2)c1N. The van der Waals surface area contributed by atoms with Gasteiger partial charge in [0, 0.05) is 12.5 Å². The maximum atomic E-state index is 11.3. The zero-order valence-electron chi connectivity index (χ0n) is 8.53. The van der Waals surface area contributed by atoms with Gasteiger partial charge in [-0.2, -0.15) is 9.78 Å². The fraction of sp³-hybridized carbons (Fsp3) is 0.111. The van der Waals surface area contributed by atoms with Crippen LogP contribution >= 0.6 is 0 Å². The van der Waals surface area contributed by atoms with Gasteiger partial charge in [-0.15, -0.1) is 0 Å². The number of pyridine rings is 1. The van der Waals surface area contributed by atoms with Crippen LogP contribution in [0.4, 0.5) is 5.82 Å². The summed E-state index contributed by atoms with van der Waals surface area (Å²) < 4.78 is 24.0. The maximum absolute atomic E-state index is 11.3. The van der Waals surface area contributed by atoms with Gasteiger partial charge >= 0.3 is 0 Å². The average Bonchev–Trinajstić information content (AvgIpc) is 2.61. The molecule has 84 valence electrons. The molecule has 6 nitrogen and oxygen atoms in total. The highest BCUT2D eigenvalue weighted by Gasteiger charge is 2.17. The number of aromatic nitrogens is 3. The molecule has 0 fully saturated rings. The van der Waals surface area contributed by atoms with E-state index in [-0.39, 0.29) is 10.7 Å². The molecule has 2 rings (SSSR count). The molecule has 2 aromatic rings. The summed E-state index contributed by atoms with van der Waals surface area (Å²) in [6, 6.07) is 5.21. The van der Waals surface area contributed by atoms with E-state index in [1.165, 1.54) is 10.9 Å². The van der Waals surface area contributed by atoms with E-state index < -0.39 is 9.84 Å². The van der Waals surface area contributed by atoms with E-state index in [9.17, 15) is 8.42 Å². The fourth-order valence-electron chi connectivity index (χ4n) is 1.29. The van der Waals surface area contributed by atoms with Crippen molar-refractivity contribution in [3.05, 3.63) is 30.6 Å².